The number of rotatable bonds is 3. The Bertz CT molecular complexity index is 389. The predicted molar refractivity (Wildman–Crippen MR) is 59.1 cm³/mol. The van der Waals surface area contributed by atoms with E-state index in [4.69, 9.17) is 4.74 Å². The average molecular weight is 225 g/mol. The molecule has 0 bridgehead atoms. The second kappa shape index (κ2) is 4.03. The quantitative estimate of drug-likeness (QED) is 0.834. The zero-order valence-electron chi connectivity index (χ0n) is 9.53. The molecule has 0 amide bonds. The van der Waals surface area contributed by atoms with E-state index in [1.807, 2.05) is 11.9 Å². The average Bonchev–Trinajstić information content (AvgIpc) is 2.15. The van der Waals surface area contributed by atoms with Crippen molar-refractivity contribution in [2.75, 3.05) is 27.2 Å². The van der Waals surface area contributed by atoms with Crippen molar-refractivity contribution in [2.45, 2.75) is 12.0 Å². The molecule has 1 saturated heterocycles. The number of β-amino-alcohol motifs (C(OH)–C–C–N with tert-alkyl or cyclic N) is 1. The van der Waals surface area contributed by atoms with Crippen LogP contribution in [0.15, 0.2) is 18.2 Å². The maximum atomic E-state index is 13.1. The van der Waals surface area contributed by atoms with Gasteiger partial charge in [0.05, 0.1) is 12.7 Å². The fourth-order valence-electron chi connectivity index (χ4n) is 2.31. The van der Waals surface area contributed by atoms with Crippen LogP contribution in [0.4, 0.5) is 4.39 Å². The molecule has 0 radical (unpaired) electrons. The van der Waals surface area contributed by atoms with Crippen molar-refractivity contribution in [3.63, 3.8) is 0 Å². The van der Waals surface area contributed by atoms with Gasteiger partial charge in [-0.05, 0) is 30.8 Å². The van der Waals surface area contributed by atoms with Crippen molar-refractivity contribution >= 4 is 0 Å². The van der Waals surface area contributed by atoms with E-state index in [0.717, 1.165) is 5.56 Å². The highest BCUT2D eigenvalue weighted by molar-refractivity contribution is 5.35. The van der Waals surface area contributed by atoms with Gasteiger partial charge in [0, 0.05) is 19.5 Å². The number of aliphatic hydroxyl groups is 1. The smallest absolute Gasteiger partial charge is 0.123 e. The first-order valence-electron chi connectivity index (χ1n) is 5.26. The van der Waals surface area contributed by atoms with E-state index in [1.165, 1.54) is 12.1 Å². The number of methoxy groups -OCH3 is 1. The molecule has 3 nitrogen and oxygen atoms in total. The summed E-state index contributed by atoms with van der Waals surface area (Å²) in [5.41, 5.74) is -0.0198. The van der Waals surface area contributed by atoms with Gasteiger partial charge in [0.15, 0.2) is 0 Å². The van der Waals surface area contributed by atoms with Crippen LogP contribution in [0, 0.1) is 5.82 Å². The Balaban J connectivity index is 2.17. The maximum Gasteiger partial charge on any atom is 0.123 e. The lowest BCUT2D eigenvalue weighted by molar-refractivity contribution is -0.0850. The monoisotopic (exact) mass is 225 g/mol. The topological polar surface area (TPSA) is 32.7 Å². The highest BCUT2D eigenvalue weighted by Gasteiger charge is 2.39. The molecule has 1 fully saturated rings. The standard InChI is InChI=1S/C12H16FNO2/c1-14-7-12(15,8-14)6-9-5-10(13)3-4-11(9)16-2/h3-5,15H,6-8H2,1-2H3. The number of ether oxygens (including phenoxy) is 1. The van der Waals surface area contributed by atoms with Gasteiger partial charge in [-0.2, -0.15) is 0 Å². The molecule has 0 saturated carbocycles. The Hall–Kier alpha value is -1.13. The number of hydrogen-bond acceptors (Lipinski definition) is 3. The molecular formula is C12H16FNO2. The molecule has 0 atom stereocenters. The van der Waals surface area contributed by atoms with Gasteiger partial charge in [-0.25, -0.2) is 4.39 Å². The summed E-state index contributed by atoms with van der Waals surface area (Å²) in [5.74, 6) is 0.330. The summed E-state index contributed by atoms with van der Waals surface area (Å²) >= 11 is 0. The lowest BCUT2D eigenvalue weighted by Gasteiger charge is -2.44. The third-order valence-electron chi connectivity index (χ3n) is 2.89. The second-order valence-electron chi connectivity index (χ2n) is 4.53. The first-order valence-corrected chi connectivity index (χ1v) is 5.26. The van der Waals surface area contributed by atoms with Crippen LogP contribution in [0.25, 0.3) is 0 Å². The van der Waals surface area contributed by atoms with E-state index in [1.54, 1.807) is 13.2 Å². The lowest BCUT2D eigenvalue weighted by Crippen LogP contribution is -2.61. The second-order valence-corrected chi connectivity index (χ2v) is 4.53. The van der Waals surface area contributed by atoms with E-state index >= 15 is 0 Å². The van der Waals surface area contributed by atoms with Crippen molar-refractivity contribution in [2.24, 2.45) is 0 Å². The molecule has 0 aliphatic carbocycles. The van der Waals surface area contributed by atoms with Crippen LogP contribution in [0.2, 0.25) is 0 Å². The van der Waals surface area contributed by atoms with Gasteiger partial charge in [0.1, 0.15) is 11.6 Å². The van der Waals surface area contributed by atoms with Crippen molar-refractivity contribution in [1.82, 2.24) is 4.90 Å². The minimum atomic E-state index is -0.740. The Morgan fingerprint density at radius 1 is 1.50 bits per heavy atom. The molecule has 0 spiro atoms. The SMILES string of the molecule is COc1ccc(F)cc1CC1(O)CN(C)C1. The third-order valence-corrected chi connectivity index (χ3v) is 2.89. The number of nitrogens with zero attached hydrogens (tertiary/aromatic N) is 1. The molecule has 1 aliphatic rings. The molecule has 16 heavy (non-hydrogen) atoms. The van der Waals surface area contributed by atoms with Crippen molar-refractivity contribution in [1.29, 1.82) is 0 Å². The maximum absolute atomic E-state index is 13.1. The molecule has 0 unspecified atom stereocenters. The highest BCUT2D eigenvalue weighted by Crippen LogP contribution is 2.28. The molecule has 1 aromatic carbocycles. The number of likely N-dealkylation sites (tertiary alicyclic amines) is 1. The van der Waals surface area contributed by atoms with Gasteiger partial charge in [-0.15, -0.1) is 0 Å². The molecule has 0 aromatic heterocycles. The van der Waals surface area contributed by atoms with Gasteiger partial charge in [-0.1, -0.05) is 0 Å². The third kappa shape index (κ3) is 2.18. The van der Waals surface area contributed by atoms with Crippen LogP contribution in [0.1, 0.15) is 5.56 Å². The number of hydrogen-bond donors (Lipinski definition) is 1. The number of halogens is 1. The molecule has 88 valence electrons. The van der Waals surface area contributed by atoms with Crippen LogP contribution in [-0.4, -0.2) is 42.9 Å². The van der Waals surface area contributed by atoms with E-state index < -0.39 is 5.60 Å². The highest BCUT2D eigenvalue weighted by atomic mass is 19.1. The fraction of sp³-hybridized carbons (Fsp3) is 0.500. The molecule has 2 rings (SSSR count). The molecule has 1 heterocycles. The number of benzene rings is 1. The number of likely N-dealkylation sites (N-methyl/N-ethyl adjacent to an activating group) is 1. The summed E-state index contributed by atoms with van der Waals surface area (Å²) in [4.78, 5) is 2.02. The normalized spacial score (nSPS) is 19.2. The zero-order chi connectivity index (χ0) is 11.8. The van der Waals surface area contributed by atoms with E-state index in [-0.39, 0.29) is 5.82 Å². The first kappa shape index (κ1) is 11.4. The largest absolute Gasteiger partial charge is 0.496 e. The van der Waals surface area contributed by atoms with Crippen LogP contribution in [0.3, 0.4) is 0 Å². The van der Waals surface area contributed by atoms with Crippen molar-refractivity contribution < 1.29 is 14.2 Å². The van der Waals surface area contributed by atoms with Crippen LogP contribution in [0.5, 0.6) is 5.75 Å². The van der Waals surface area contributed by atoms with Crippen LogP contribution in [-0.2, 0) is 6.42 Å². The van der Waals surface area contributed by atoms with Gasteiger partial charge < -0.3 is 14.7 Å². The zero-order valence-corrected chi connectivity index (χ0v) is 9.53. The van der Waals surface area contributed by atoms with Crippen LogP contribution < -0.4 is 4.74 Å². The molecule has 1 N–H and O–H groups in total. The fourth-order valence-corrected chi connectivity index (χ4v) is 2.31. The predicted octanol–water partition coefficient (Wildman–Crippen LogP) is 1.05. The van der Waals surface area contributed by atoms with Crippen molar-refractivity contribution in [3.8, 4) is 5.75 Å². The van der Waals surface area contributed by atoms with Gasteiger partial charge in [0.25, 0.3) is 0 Å². The molecule has 1 aromatic rings. The Morgan fingerprint density at radius 2 is 2.19 bits per heavy atom. The van der Waals surface area contributed by atoms with Gasteiger partial charge in [-0.3, -0.25) is 0 Å². The van der Waals surface area contributed by atoms with E-state index in [9.17, 15) is 9.50 Å². The summed E-state index contributed by atoms with van der Waals surface area (Å²) in [5, 5.41) is 10.1. The summed E-state index contributed by atoms with van der Waals surface area (Å²) < 4.78 is 18.3. The minimum absolute atomic E-state index is 0.299. The summed E-state index contributed by atoms with van der Waals surface area (Å²) in [6.07, 6.45) is 0.429. The summed E-state index contributed by atoms with van der Waals surface area (Å²) in [7, 11) is 3.49. The molecule has 1 aliphatic heterocycles. The minimum Gasteiger partial charge on any atom is -0.496 e. The van der Waals surface area contributed by atoms with Gasteiger partial charge >= 0.3 is 0 Å². The van der Waals surface area contributed by atoms with Crippen molar-refractivity contribution in [3.05, 3.63) is 29.6 Å². The summed E-state index contributed by atoms with van der Waals surface area (Å²) in [6, 6.07) is 4.38. The molecular weight excluding hydrogens is 209 g/mol. The first-order chi connectivity index (χ1) is 7.52. The Kier molecular flexibility index (Phi) is 2.86. The lowest BCUT2D eigenvalue weighted by atomic mass is 9.87. The van der Waals surface area contributed by atoms with E-state index in [0.29, 0.717) is 25.3 Å². The molecule has 4 heteroatoms. The van der Waals surface area contributed by atoms with Crippen LogP contribution >= 0.6 is 0 Å². The summed E-state index contributed by atoms with van der Waals surface area (Å²) in [6.45, 7) is 1.24. The Morgan fingerprint density at radius 3 is 2.75 bits per heavy atom. The Labute approximate surface area is 94.4 Å². The van der Waals surface area contributed by atoms with Gasteiger partial charge in [0.2, 0.25) is 0 Å². The van der Waals surface area contributed by atoms with E-state index in [2.05, 4.69) is 0 Å².